The molecule has 0 spiro atoms. The molecule has 21 heavy (non-hydrogen) atoms. The number of aliphatic hydroxyl groups excluding tert-OH is 1. The maximum Gasteiger partial charge on any atom is 0.252 e. The van der Waals surface area contributed by atoms with Crippen LogP contribution < -0.4 is 5.32 Å². The summed E-state index contributed by atoms with van der Waals surface area (Å²) < 4.78 is 0. The predicted octanol–water partition coefficient (Wildman–Crippen LogP) is 0.639. The second-order valence-electron chi connectivity index (χ2n) is 5.00. The van der Waals surface area contributed by atoms with Gasteiger partial charge in [0, 0.05) is 31.5 Å². The molecule has 0 saturated heterocycles. The third-order valence-electron chi connectivity index (χ3n) is 3.52. The molecule has 1 aromatic rings. The molecule has 1 aliphatic rings. The number of nitrogens with one attached hydrogen (secondary N) is 1. The van der Waals surface area contributed by atoms with Crippen LogP contribution in [-0.2, 0) is 0 Å². The third kappa shape index (κ3) is 4.55. The lowest BCUT2D eigenvalue weighted by Gasteiger charge is -2.19. The van der Waals surface area contributed by atoms with Crippen molar-refractivity contribution < 1.29 is 9.90 Å². The van der Waals surface area contributed by atoms with E-state index in [9.17, 15) is 4.79 Å². The van der Waals surface area contributed by atoms with Gasteiger partial charge in [0.1, 0.15) is 6.61 Å². The van der Waals surface area contributed by atoms with Crippen LogP contribution in [0.1, 0.15) is 35.7 Å². The smallest absolute Gasteiger partial charge is 0.252 e. The van der Waals surface area contributed by atoms with Crippen molar-refractivity contribution in [3.8, 4) is 11.8 Å². The molecule has 0 aliphatic heterocycles. The average molecular weight is 287 g/mol. The van der Waals surface area contributed by atoms with Crippen molar-refractivity contribution in [3.63, 3.8) is 0 Å². The Hall–Kier alpha value is -1.90. The first-order valence-electron chi connectivity index (χ1n) is 7.32. The molecule has 0 aromatic carbocycles. The number of carbonyl (C=O) groups is 1. The van der Waals surface area contributed by atoms with Gasteiger partial charge in [-0.25, -0.2) is 0 Å². The summed E-state index contributed by atoms with van der Waals surface area (Å²) in [6.45, 7) is 4.42. The standard InChI is InChI=1S/C16H21N3O2/c1-2-19(14-5-6-14)10-9-18-16(21)15-7-8-17-12-13(15)4-3-11-20/h7-8,12,14,20H,2,5-6,9-11H2,1H3,(H,18,21). The highest BCUT2D eigenvalue weighted by Crippen LogP contribution is 2.25. The lowest BCUT2D eigenvalue weighted by atomic mass is 10.1. The Morgan fingerprint density at radius 2 is 2.38 bits per heavy atom. The van der Waals surface area contributed by atoms with Crippen molar-refractivity contribution >= 4 is 5.91 Å². The molecule has 0 bridgehead atoms. The van der Waals surface area contributed by atoms with E-state index in [1.165, 1.54) is 12.8 Å². The number of aliphatic hydroxyl groups is 1. The summed E-state index contributed by atoms with van der Waals surface area (Å²) in [7, 11) is 0. The van der Waals surface area contributed by atoms with Crippen LogP contribution in [0.15, 0.2) is 18.5 Å². The van der Waals surface area contributed by atoms with Crippen LogP contribution in [0.2, 0.25) is 0 Å². The molecule has 5 nitrogen and oxygen atoms in total. The maximum absolute atomic E-state index is 12.2. The zero-order valence-corrected chi connectivity index (χ0v) is 12.3. The van der Waals surface area contributed by atoms with Crippen molar-refractivity contribution in [1.82, 2.24) is 15.2 Å². The van der Waals surface area contributed by atoms with E-state index in [1.54, 1.807) is 18.5 Å². The van der Waals surface area contributed by atoms with Crippen LogP contribution >= 0.6 is 0 Å². The van der Waals surface area contributed by atoms with Gasteiger partial charge in [-0.2, -0.15) is 0 Å². The molecule has 1 aliphatic carbocycles. The molecule has 1 heterocycles. The molecule has 1 aromatic heterocycles. The average Bonchev–Trinajstić information content (AvgIpc) is 3.34. The highest BCUT2D eigenvalue weighted by atomic mass is 16.2. The van der Waals surface area contributed by atoms with Gasteiger partial charge in [0.2, 0.25) is 0 Å². The van der Waals surface area contributed by atoms with E-state index in [4.69, 9.17) is 5.11 Å². The van der Waals surface area contributed by atoms with Crippen LogP contribution in [0.5, 0.6) is 0 Å². The summed E-state index contributed by atoms with van der Waals surface area (Å²) in [5.74, 6) is 5.15. The molecular formula is C16H21N3O2. The number of nitrogens with zero attached hydrogens (tertiary/aromatic N) is 2. The van der Waals surface area contributed by atoms with E-state index in [1.807, 2.05) is 0 Å². The van der Waals surface area contributed by atoms with Gasteiger partial charge >= 0.3 is 0 Å². The van der Waals surface area contributed by atoms with Crippen LogP contribution in [0, 0.1) is 11.8 Å². The Balaban J connectivity index is 1.90. The van der Waals surface area contributed by atoms with Gasteiger partial charge in [-0.15, -0.1) is 0 Å². The molecule has 1 saturated carbocycles. The molecule has 0 radical (unpaired) electrons. The van der Waals surface area contributed by atoms with Crippen LogP contribution in [0.4, 0.5) is 0 Å². The third-order valence-corrected chi connectivity index (χ3v) is 3.52. The highest BCUT2D eigenvalue weighted by Gasteiger charge is 2.27. The fourth-order valence-corrected chi connectivity index (χ4v) is 2.27. The quantitative estimate of drug-likeness (QED) is 0.754. The predicted molar refractivity (Wildman–Crippen MR) is 80.8 cm³/mol. The van der Waals surface area contributed by atoms with E-state index < -0.39 is 0 Å². The Bertz CT molecular complexity index is 544. The number of hydrogen-bond acceptors (Lipinski definition) is 4. The lowest BCUT2D eigenvalue weighted by molar-refractivity contribution is 0.0947. The van der Waals surface area contributed by atoms with Crippen LogP contribution in [0.3, 0.4) is 0 Å². The van der Waals surface area contributed by atoms with Crippen molar-refractivity contribution in [2.45, 2.75) is 25.8 Å². The molecule has 5 heteroatoms. The Morgan fingerprint density at radius 3 is 3.05 bits per heavy atom. The first-order valence-corrected chi connectivity index (χ1v) is 7.32. The Labute approximate surface area is 125 Å². The van der Waals surface area contributed by atoms with Crippen molar-refractivity contribution in [2.75, 3.05) is 26.2 Å². The minimum absolute atomic E-state index is 0.147. The number of aromatic nitrogens is 1. The summed E-state index contributed by atoms with van der Waals surface area (Å²) in [4.78, 5) is 18.5. The molecule has 1 amide bonds. The first kappa shape index (κ1) is 15.5. The fourth-order valence-electron chi connectivity index (χ4n) is 2.27. The normalized spacial score (nSPS) is 13.7. The summed E-state index contributed by atoms with van der Waals surface area (Å²) in [5, 5.41) is 11.7. The monoisotopic (exact) mass is 287 g/mol. The summed E-state index contributed by atoms with van der Waals surface area (Å²) in [5.41, 5.74) is 1.04. The van der Waals surface area contributed by atoms with Crippen molar-refractivity contribution in [1.29, 1.82) is 0 Å². The SMILES string of the molecule is CCN(CCNC(=O)c1ccncc1C#CCO)C1CC1. The Kier molecular flexibility index (Phi) is 5.73. The van der Waals surface area contributed by atoms with Gasteiger partial charge in [-0.05, 0) is 25.5 Å². The largest absolute Gasteiger partial charge is 0.384 e. The molecule has 1 fully saturated rings. The number of rotatable bonds is 6. The van der Waals surface area contributed by atoms with Gasteiger partial charge in [-0.1, -0.05) is 18.8 Å². The van der Waals surface area contributed by atoms with Gasteiger partial charge < -0.3 is 10.4 Å². The summed E-state index contributed by atoms with van der Waals surface area (Å²) in [6, 6.07) is 2.36. The maximum atomic E-state index is 12.2. The number of pyridine rings is 1. The van der Waals surface area contributed by atoms with E-state index >= 15 is 0 Å². The van der Waals surface area contributed by atoms with E-state index in [2.05, 4.69) is 34.0 Å². The molecular weight excluding hydrogens is 266 g/mol. The first-order chi connectivity index (χ1) is 10.3. The summed E-state index contributed by atoms with van der Waals surface area (Å²) in [6.07, 6.45) is 5.65. The van der Waals surface area contributed by atoms with E-state index in [0.717, 1.165) is 13.1 Å². The number of likely N-dealkylation sites (N-methyl/N-ethyl adjacent to an activating group) is 1. The van der Waals surface area contributed by atoms with Gasteiger partial charge in [0.05, 0.1) is 11.1 Å². The second-order valence-corrected chi connectivity index (χ2v) is 5.00. The second kappa shape index (κ2) is 7.77. The zero-order valence-electron chi connectivity index (χ0n) is 12.3. The Morgan fingerprint density at radius 1 is 1.57 bits per heavy atom. The molecule has 0 atom stereocenters. The number of hydrogen-bond donors (Lipinski definition) is 2. The van der Waals surface area contributed by atoms with Crippen LogP contribution in [-0.4, -0.2) is 53.2 Å². The highest BCUT2D eigenvalue weighted by molar-refractivity contribution is 5.96. The molecule has 2 N–H and O–H groups in total. The van der Waals surface area contributed by atoms with E-state index in [-0.39, 0.29) is 12.5 Å². The van der Waals surface area contributed by atoms with Crippen molar-refractivity contribution in [3.05, 3.63) is 29.6 Å². The van der Waals surface area contributed by atoms with Crippen molar-refractivity contribution in [2.24, 2.45) is 0 Å². The fraction of sp³-hybridized carbons (Fsp3) is 0.500. The lowest BCUT2D eigenvalue weighted by Crippen LogP contribution is -2.36. The zero-order chi connectivity index (χ0) is 15.1. The molecule has 0 unspecified atom stereocenters. The topological polar surface area (TPSA) is 65.5 Å². The van der Waals surface area contributed by atoms with Gasteiger partial charge in [-0.3, -0.25) is 14.7 Å². The summed E-state index contributed by atoms with van der Waals surface area (Å²) >= 11 is 0. The van der Waals surface area contributed by atoms with Crippen LogP contribution in [0.25, 0.3) is 0 Å². The van der Waals surface area contributed by atoms with Gasteiger partial charge in [0.15, 0.2) is 0 Å². The minimum atomic E-state index is -0.233. The minimum Gasteiger partial charge on any atom is -0.384 e. The molecule has 2 rings (SSSR count). The van der Waals surface area contributed by atoms with E-state index in [0.29, 0.717) is 23.7 Å². The number of amides is 1. The molecule has 112 valence electrons. The number of carbonyl (C=O) groups excluding carboxylic acids is 1. The van der Waals surface area contributed by atoms with Gasteiger partial charge in [0.25, 0.3) is 5.91 Å².